The van der Waals surface area contributed by atoms with Gasteiger partial charge in [0, 0.05) is 16.7 Å². The molecule has 6 nitrogen and oxygen atoms in total. The Kier molecular flexibility index (Phi) is 7.94. The van der Waals surface area contributed by atoms with Gasteiger partial charge in [-0.25, -0.2) is 4.39 Å². The number of carbonyl (C=O) groups is 2. The SMILES string of the molecule is CC1(C)SC(c2ccccc2)N(C(=O)c2ccc(F)cc2)[C@H]1/C=C/[C@@H](O)C[C@@H](O)CC(=O)O. The lowest BCUT2D eigenvalue weighted by Crippen LogP contribution is -2.43. The van der Waals surface area contributed by atoms with Crippen molar-refractivity contribution >= 4 is 23.6 Å². The zero-order chi connectivity index (χ0) is 24.2. The summed E-state index contributed by atoms with van der Waals surface area (Å²) in [5.41, 5.74) is 1.30. The molecule has 0 spiro atoms. The number of nitrogens with zero attached hydrogens (tertiary/aromatic N) is 1. The molecular formula is C25H28FNO5S. The van der Waals surface area contributed by atoms with Crippen LogP contribution in [0.3, 0.4) is 0 Å². The quantitative estimate of drug-likeness (QED) is 0.502. The molecule has 1 unspecified atom stereocenters. The van der Waals surface area contributed by atoms with Crippen molar-refractivity contribution in [1.82, 2.24) is 4.90 Å². The molecule has 4 atom stereocenters. The lowest BCUT2D eigenvalue weighted by molar-refractivity contribution is -0.139. The molecule has 1 heterocycles. The third-order valence-electron chi connectivity index (χ3n) is 5.53. The van der Waals surface area contributed by atoms with E-state index in [1.54, 1.807) is 22.7 Å². The van der Waals surface area contributed by atoms with Crippen molar-refractivity contribution in [3.63, 3.8) is 0 Å². The highest BCUT2D eigenvalue weighted by molar-refractivity contribution is 8.01. The summed E-state index contributed by atoms with van der Waals surface area (Å²) in [7, 11) is 0. The molecule has 0 aromatic heterocycles. The van der Waals surface area contributed by atoms with Gasteiger partial charge < -0.3 is 20.2 Å². The van der Waals surface area contributed by atoms with Crippen molar-refractivity contribution in [2.24, 2.45) is 0 Å². The number of rotatable bonds is 8. The number of amides is 1. The second-order valence-corrected chi connectivity index (χ2v) is 10.3. The predicted molar refractivity (Wildman–Crippen MR) is 125 cm³/mol. The summed E-state index contributed by atoms with van der Waals surface area (Å²) in [6.45, 7) is 4.01. The van der Waals surface area contributed by atoms with E-state index in [1.165, 1.54) is 30.3 Å². The van der Waals surface area contributed by atoms with Gasteiger partial charge in [0.05, 0.1) is 24.7 Å². The van der Waals surface area contributed by atoms with E-state index in [9.17, 15) is 24.2 Å². The number of aliphatic hydroxyl groups excluding tert-OH is 2. The van der Waals surface area contributed by atoms with E-state index in [2.05, 4.69) is 0 Å². The standard InChI is InChI=1S/C25H28FNO5S/c1-25(2)21(13-12-19(28)14-20(29)15-22(30)31)27(23(32)16-8-10-18(26)11-9-16)24(33-25)17-6-4-3-5-7-17/h3-13,19-21,24,28-29H,14-15H2,1-2H3,(H,30,31)/b13-12+/t19-,20-,21+,24?/m1/s1. The summed E-state index contributed by atoms with van der Waals surface area (Å²) < 4.78 is 13.0. The van der Waals surface area contributed by atoms with Gasteiger partial charge in [-0.1, -0.05) is 42.5 Å². The normalized spacial score (nSPS) is 21.8. The van der Waals surface area contributed by atoms with Crippen LogP contribution in [0.15, 0.2) is 66.7 Å². The van der Waals surface area contributed by atoms with Crippen LogP contribution in [0.25, 0.3) is 0 Å². The van der Waals surface area contributed by atoms with Crippen LogP contribution in [0.1, 0.15) is 48.0 Å². The molecule has 1 saturated heterocycles. The molecule has 1 fully saturated rings. The molecule has 0 bridgehead atoms. The fourth-order valence-electron chi connectivity index (χ4n) is 3.92. The maximum absolute atomic E-state index is 13.6. The van der Waals surface area contributed by atoms with Crippen LogP contribution in [-0.4, -0.2) is 55.1 Å². The number of hydrogen-bond acceptors (Lipinski definition) is 5. The molecule has 1 amide bonds. The van der Waals surface area contributed by atoms with Crippen molar-refractivity contribution < 1.29 is 29.3 Å². The number of benzene rings is 2. The van der Waals surface area contributed by atoms with E-state index in [0.717, 1.165) is 5.56 Å². The largest absolute Gasteiger partial charge is 0.481 e. The van der Waals surface area contributed by atoms with E-state index in [1.807, 2.05) is 44.2 Å². The van der Waals surface area contributed by atoms with Gasteiger partial charge in [0.25, 0.3) is 5.91 Å². The minimum atomic E-state index is -1.18. The number of carboxylic acids is 1. The van der Waals surface area contributed by atoms with Gasteiger partial charge >= 0.3 is 5.97 Å². The van der Waals surface area contributed by atoms with Gasteiger partial charge in [-0.2, -0.15) is 0 Å². The predicted octanol–water partition coefficient (Wildman–Crippen LogP) is 4.00. The third kappa shape index (κ3) is 6.22. The first-order chi connectivity index (χ1) is 15.6. The summed E-state index contributed by atoms with van der Waals surface area (Å²) in [5.74, 6) is -1.84. The molecule has 0 aliphatic carbocycles. The number of aliphatic carboxylic acids is 1. The van der Waals surface area contributed by atoms with Crippen molar-refractivity contribution in [3.05, 3.63) is 83.7 Å². The molecule has 2 aromatic carbocycles. The minimum absolute atomic E-state index is 0.128. The molecular weight excluding hydrogens is 445 g/mol. The second kappa shape index (κ2) is 10.5. The number of aliphatic hydroxyl groups is 2. The number of hydrogen-bond donors (Lipinski definition) is 3. The molecule has 0 saturated carbocycles. The Morgan fingerprint density at radius 1 is 1.12 bits per heavy atom. The molecule has 33 heavy (non-hydrogen) atoms. The van der Waals surface area contributed by atoms with Gasteiger partial charge in [-0.15, -0.1) is 11.8 Å². The zero-order valence-corrected chi connectivity index (χ0v) is 19.3. The number of carbonyl (C=O) groups excluding carboxylic acids is 1. The van der Waals surface area contributed by atoms with Gasteiger partial charge in [-0.3, -0.25) is 9.59 Å². The van der Waals surface area contributed by atoms with Crippen LogP contribution in [-0.2, 0) is 4.79 Å². The molecule has 1 aliphatic rings. The smallest absolute Gasteiger partial charge is 0.305 e. The van der Waals surface area contributed by atoms with Crippen LogP contribution < -0.4 is 0 Å². The Morgan fingerprint density at radius 3 is 2.36 bits per heavy atom. The fourth-order valence-corrected chi connectivity index (χ4v) is 5.46. The summed E-state index contributed by atoms with van der Waals surface area (Å²) in [5, 5.41) is 28.6. The summed E-state index contributed by atoms with van der Waals surface area (Å²) in [6, 6.07) is 14.6. The zero-order valence-electron chi connectivity index (χ0n) is 18.5. The maximum Gasteiger partial charge on any atom is 0.305 e. The summed E-state index contributed by atoms with van der Waals surface area (Å²) in [6.07, 6.45) is 0.394. The van der Waals surface area contributed by atoms with Crippen molar-refractivity contribution in [2.75, 3.05) is 0 Å². The van der Waals surface area contributed by atoms with Crippen LogP contribution in [0.5, 0.6) is 0 Å². The average molecular weight is 474 g/mol. The maximum atomic E-state index is 13.6. The van der Waals surface area contributed by atoms with Gasteiger partial charge in [0.2, 0.25) is 0 Å². The van der Waals surface area contributed by atoms with Crippen molar-refractivity contribution in [3.8, 4) is 0 Å². The van der Waals surface area contributed by atoms with Gasteiger partial charge in [-0.05, 0) is 43.7 Å². The molecule has 2 aromatic rings. The number of thioether (sulfide) groups is 1. The van der Waals surface area contributed by atoms with Crippen LogP contribution in [0.2, 0.25) is 0 Å². The first-order valence-electron chi connectivity index (χ1n) is 10.7. The van der Waals surface area contributed by atoms with Crippen LogP contribution in [0.4, 0.5) is 4.39 Å². The van der Waals surface area contributed by atoms with E-state index in [4.69, 9.17) is 5.11 Å². The molecule has 1 aliphatic heterocycles. The van der Waals surface area contributed by atoms with Crippen molar-refractivity contribution in [1.29, 1.82) is 0 Å². The van der Waals surface area contributed by atoms with E-state index in [0.29, 0.717) is 5.56 Å². The van der Waals surface area contributed by atoms with Gasteiger partial charge in [0.15, 0.2) is 0 Å². The van der Waals surface area contributed by atoms with Crippen LogP contribution >= 0.6 is 11.8 Å². The number of carboxylic acid groups (broad SMARTS) is 1. The van der Waals surface area contributed by atoms with Gasteiger partial charge in [0.1, 0.15) is 11.2 Å². The van der Waals surface area contributed by atoms with E-state index < -0.39 is 41.2 Å². The average Bonchev–Trinajstić information content (AvgIpc) is 3.02. The fraction of sp³-hybridized carbons (Fsp3) is 0.360. The molecule has 0 radical (unpaired) electrons. The van der Waals surface area contributed by atoms with Crippen molar-refractivity contribution in [2.45, 2.75) is 55.1 Å². The van der Waals surface area contributed by atoms with Crippen LogP contribution in [0, 0.1) is 5.82 Å². The monoisotopic (exact) mass is 473 g/mol. The highest BCUT2D eigenvalue weighted by Gasteiger charge is 2.49. The second-order valence-electron chi connectivity index (χ2n) is 8.59. The first kappa shape index (κ1) is 25.0. The topological polar surface area (TPSA) is 98.1 Å². The Bertz CT molecular complexity index is 996. The van der Waals surface area contributed by atoms with E-state index >= 15 is 0 Å². The number of halogens is 1. The lowest BCUT2D eigenvalue weighted by atomic mass is 9.97. The first-order valence-corrected chi connectivity index (χ1v) is 11.5. The Balaban J connectivity index is 1.92. The highest BCUT2D eigenvalue weighted by atomic mass is 32.2. The molecule has 176 valence electrons. The summed E-state index contributed by atoms with van der Waals surface area (Å²) in [4.78, 5) is 26.1. The third-order valence-corrected chi connectivity index (χ3v) is 7.10. The van der Waals surface area contributed by atoms with E-state index in [-0.39, 0.29) is 17.7 Å². The Hall–Kier alpha value is -2.68. The molecule has 8 heteroatoms. The molecule has 3 N–H and O–H groups in total. The highest BCUT2D eigenvalue weighted by Crippen LogP contribution is 2.53. The molecule has 3 rings (SSSR count). The Labute approximate surface area is 196 Å². The minimum Gasteiger partial charge on any atom is -0.481 e. The summed E-state index contributed by atoms with van der Waals surface area (Å²) >= 11 is 1.61. The lowest BCUT2D eigenvalue weighted by Gasteiger charge is -2.31. The Morgan fingerprint density at radius 2 is 1.76 bits per heavy atom.